The standard InChI is InChI=1S/C17H20N2/c18-17(15-11-19-12-15)16(13-7-3-1-4-8-13)14-9-5-2-6-10-14/h1-10,15-17,19H,11-12,18H2. The average molecular weight is 252 g/mol. The minimum absolute atomic E-state index is 0.172. The van der Waals surface area contributed by atoms with Crippen LogP contribution < -0.4 is 11.1 Å². The molecule has 2 nitrogen and oxygen atoms in total. The molecule has 1 heterocycles. The van der Waals surface area contributed by atoms with E-state index >= 15 is 0 Å². The van der Waals surface area contributed by atoms with E-state index in [-0.39, 0.29) is 12.0 Å². The second-order valence-corrected chi connectivity index (χ2v) is 5.29. The second-order valence-electron chi connectivity index (χ2n) is 5.29. The highest BCUT2D eigenvalue weighted by Crippen LogP contribution is 2.31. The predicted molar refractivity (Wildman–Crippen MR) is 79.1 cm³/mol. The molecule has 2 aromatic carbocycles. The Morgan fingerprint density at radius 1 is 0.842 bits per heavy atom. The van der Waals surface area contributed by atoms with Crippen molar-refractivity contribution in [3.05, 3.63) is 71.8 Å². The molecule has 0 saturated carbocycles. The molecular formula is C17H20N2. The molecule has 0 bridgehead atoms. The number of hydrogen-bond donors (Lipinski definition) is 2. The molecule has 98 valence electrons. The Morgan fingerprint density at radius 2 is 1.32 bits per heavy atom. The van der Waals surface area contributed by atoms with Crippen molar-refractivity contribution in [2.24, 2.45) is 11.7 Å². The van der Waals surface area contributed by atoms with E-state index in [0.29, 0.717) is 5.92 Å². The van der Waals surface area contributed by atoms with E-state index in [1.807, 2.05) is 0 Å². The van der Waals surface area contributed by atoms with E-state index in [1.165, 1.54) is 11.1 Å². The number of rotatable bonds is 4. The van der Waals surface area contributed by atoms with Crippen molar-refractivity contribution in [3.8, 4) is 0 Å². The first kappa shape index (κ1) is 12.4. The van der Waals surface area contributed by atoms with Crippen LogP contribution >= 0.6 is 0 Å². The molecular weight excluding hydrogens is 232 g/mol. The molecule has 1 unspecified atom stereocenters. The Labute approximate surface area is 114 Å². The van der Waals surface area contributed by atoms with Gasteiger partial charge in [0.05, 0.1) is 0 Å². The van der Waals surface area contributed by atoms with Crippen LogP contribution in [0, 0.1) is 5.92 Å². The zero-order valence-electron chi connectivity index (χ0n) is 11.0. The topological polar surface area (TPSA) is 38.0 Å². The molecule has 0 radical (unpaired) electrons. The van der Waals surface area contributed by atoms with E-state index in [9.17, 15) is 0 Å². The van der Waals surface area contributed by atoms with Crippen molar-refractivity contribution >= 4 is 0 Å². The summed E-state index contributed by atoms with van der Waals surface area (Å²) >= 11 is 0. The van der Waals surface area contributed by atoms with Crippen LogP contribution in [0.5, 0.6) is 0 Å². The first-order valence-electron chi connectivity index (χ1n) is 6.92. The first-order valence-corrected chi connectivity index (χ1v) is 6.92. The molecule has 2 heteroatoms. The Kier molecular flexibility index (Phi) is 3.62. The predicted octanol–water partition coefficient (Wildman–Crippen LogP) is 2.37. The van der Waals surface area contributed by atoms with Gasteiger partial charge >= 0.3 is 0 Å². The summed E-state index contributed by atoms with van der Waals surface area (Å²) in [7, 11) is 0. The van der Waals surface area contributed by atoms with E-state index in [4.69, 9.17) is 5.73 Å². The molecule has 1 aliphatic heterocycles. The molecule has 1 fully saturated rings. The number of hydrogen-bond acceptors (Lipinski definition) is 2. The van der Waals surface area contributed by atoms with Crippen LogP contribution in [0.3, 0.4) is 0 Å². The Balaban J connectivity index is 1.96. The molecule has 0 aliphatic carbocycles. The third kappa shape index (κ3) is 2.55. The summed E-state index contributed by atoms with van der Waals surface area (Å²) < 4.78 is 0. The Hall–Kier alpha value is -1.64. The van der Waals surface area contributed by atoms with Gasteiger partial charge in [-0.2, -0.15) is 0 Å². The monoisotopic (exact) mass is 252 g/mol. The van der Waals surface area contributed by atoms with Crippen LogP contribution in [-0.4, -0.2) is 19.1 Å². The van der Waals surface area contributed by atoms with Gasteiger partial charge in [0.2, 0.25) is 0 Å². The molecule has 0 aromatic heterocycles. The van der Waals surface area contributed by atoms with Crippen LogP contribution in [0.1, 0.15) is 17.0 Å². The first-order chi connectivity index (χ1) is 9.36. The van der Waals surface area contributed by atoms with Crippen molar-refractivity contribution in [2.45, 2.75) is 12.0 Å². The fourth-order valence-electron chi connectivity index (χ4n) is 2.81. The Bertz CT molecular complexity index is 466. The van der Waals surface area contributed by atoms with Gasteiger partial charge in [0, 0.05) is 25.0 Å². The van der Waals surface area contributed by atoms with Crippen LogP contribution in [0.2, 0.25) is 0 Å². The number of nitrogens with one attached hydrogen (secondary N) is 1. The van der Waals surface area contributed by atoms with Gasteiger partial charge in [-0.3, -0.25) is 0 Å². The van der Waals surface area contributed by atoms with Crippen LogP contribution in [0.15, 0.2) is 60.7 Å². The van der Waals surface area contributed by atoms with Crippen LogP contribution in [0.4, 0.5) is 0 Å². The molecule has 1 saturated heterocycles. The smallest absolute Gasteiger partial charge is 0.0244 e. The van der Waals surface area contributed by atoms with E-state index in [0.717, 1.165) is 13.1 Å². The summed E-state index contributed by atoms with van der Waals surface area (Å²) in [5.41, 5.74) is 9.17. The van der Waals surface area contributed by atoms with Gasteiger partial charge in [-0.25, -0.2) is 0 Å². The molecule has 3 rings (SSSR count). The third-order valence-corrected chi connectivity index (χ3v) is 4.06. The SMILES string of the molecule is NC(C1CNC1)C(c1ccccc1)c1ccccc1. The normalized spacial score (nSPS) is 17.2. The lowest BCUT2D eigenvalue weighted by Gasteiger charge is -2.37. The summed E-state index contributed by atoms with van der Waals surface area (Å²) in [6, 6.07) is 21.4. The molecule has 0 spiro atoms. The van der Waals surface area contributed by atoms with E-state index in [2.05, 4.69) is 66.0 Å². The van der Waals surface area contributed by atoms with Crippen LogP contribution in [-0.2, 0) is 0 Å². The zero-order chi connectivity index (χ0) is 13.1. The second kappa shape index (κ2) is 5.55. The summed E-state index contributed by atoms with van der Waals surface area (Å²) in [6.07, 6.45) is 0. The van der Waals surface area contributed by atoms with Crippen LogP contribution in [0.25, 0.3) is 0 Å². The largest absolute Gasteiger partial charge is 0.326 e. The average Bonchev–Trinajstić information content (AvgIpc) is 2.39. The highest BCUT2D eigenvalue weighted by atomic mass is 15.0. The minimum Gasteiger partial charge on any atom is -0.326 e. The van der Waals surface area contributed by atoms with Gasteiger partial charge in [0.1, 0.15) is 0 Å². The highest BCUT2D eigenvalue weighted by Gasteiger charge is 2.32. The quantitative estimate of drug-likeness (QED) is 0.876. The van der Waals surface area contributed by atoms with Gasteiger partial charge in [0.25, 0.3) is 0 Å². The molecule has 2 aromatic rings. The van der Waals surface area contributed by atoms with E-state index < -0.39 is 0 Å². The fourth-order valence-corrected chi connectivity index (χ4v) is 2.81. The highest BCUT2D eigenvalue weighted by molar-refractivity contribution is 5.34. The Morgan fingerprint density at radius 3 is 1.68 bits per heavy atom. The van der Waals surface area contributed by atoms with Crippen molar-refractivity contribution in [1.29, 1.82) is 0 Å². The van der Waals surface area contributed by atoms with Crippen molar-refractivity contribution in [2.75, 3.05) is 13.1 Å². The zero-order valence-corrected chi connectivity index (χ0v) is 11.0. The van der Waals surface area contributed by atoms with Gasteiger partial charge in [-0.15, -0.1) is 0 Å². The summed E-state index contributed by atoms with van der Waals surface area (Å²) in [6.45, 7) is 2.08. The summed E-state index contributed by atoms with van der Waals surface area (Å²) in [4.78, 5) is 0. The van der Waals surface area contributed by atoms with Gasteiger partial charge < -0.3 is 11.1 Å². The third-order valence-electron chi connectivity index (χ3n) is 4.06. The number of benzene rings is 2. The van der Waals surface area contributed by atoms with Crippen molar-refractivity contribution in [3.63, 3.8) is 0 Å². The molecule has 1 aliphatic rings. The lowest BCUT2D eigenvalue weighted by atomic mass is 9.77. The molecule has 19 heavy (non-hydrogen) atoms. The van der Waals surface area contributed by atoms with Crippen molar-refractivity contribution < 1.29 is 0 Å². The number of nitrogens with two attached hydrogens (primary N) is 1. The molecule has 0 amide bonds. The summed E-state index contributed by atoms with van der Waals surface area (Å²) in [5.74, 6) is 0.861. The lowest BCUT2D eigenvalue weighted by molar-refractivity contribution is 0.275. The summed E-state index contributed by atoms with van der Waals surface area (Å²) in [5, 5.41) is 3.32. The maximum atomic E-state index is 6.55. The van der Waals surface area contributed by atoms with Gasteiger partial charge in [-0.05, 0) is 17.0 Å². The van der Waals surface area contributed by atoms with Crippen molar-refractivity contribution in [1.82, 2.24) is 5.32 Å². The van der Waals surface area contributed by atoms with Gasteiger partial charge in [0.15, 0.2) is 0 Å². The van der Waals surface area contributed by atoms with E-state index in [1.54, 1.807) is 0 Å². The molecule has 3 N–H and O–H groups in total. The fraction of sp³-hybridized carbons (Fsp3) is 0.294. The van der Waals surface area contributed by atoms with Gasteiger partial charge in [-0.1, -0.05) is 60.7 Å². The minimum atomic E-state index is 0.172. The lowest BCUT2D eigenvalue weighted by Crippen LogP contribution is -2.53. The molecule has 1 atom stereocenters. The maximum Gasteiger partial charge on any atom is 0.0244 e. The maximum absolute atomic E-state index is 6.55.